The lowest BCUT2D eigenvalue weighted by Crippen LogP contribution is -2.27. The number of carbonyl (C=O) groups is 1. The minimum Gasteiger partial charge on any atom is -0.409 e. The van der Waals surface area contributed by atoms with E-state index in [1.807, 2.05) is 6.07 Å². The molecule has 8 nitrogen and oxygen atoms in total. The molecule has 5 aromatic rings. The number of carbonyl (C=O) groups excluding carboxylic acids is 1. The van der Waals surface area contributed by atoms with Crippen molar-refractivity contribution in [2.75, 3.05) is 6.26 Å². The van der Waals surface area contributed by atoms with E-state index >= 15 is 0 Å². The lowest BCUT2D eigenvalue weighted by atomic mass is 10.1. The molecule has 37 heavy (non-hydrogen) atoms. The monoisotopic (exact) mass is 521 g/mol. The van der Waals surface area contributed by atoms with Gasteiger partial charge in [0.1, 0.15) is 24.3 Å². The number of fused-ring (bicyclic) bond motifs is 1. The van der Waals surface area contributed by atoms with Gasteiger partial charge in [0, 0.05) is 33.8 Å². The predicted octanol–water partition coefficient (Wildman–Crippen LogP) is 4.99. The zero-order chi connectivity index (χ0) is 26.2. The highest BCUT2D eigenvalue weighted by Crippen LogP contribution is 2.28. The summed E-state index contributed by atoms with van der Waals surface area (Å²) in [4.78, 5) is 21.5. The second-order valence-electron chi connectivity index (χ2n) is 8.47. The number of rotatable bonds is 7. The van der Waals surface area contributed by atoms with E-state index < -0.39 is 21.6 Å². The summed E-state index contributed by atoms with van der Waals surface area (Å²) in [6, 6.07) is 15.4. The van der Waals surface area contributed by atoms with Crippen LogP contribution in [0.4, 0.5) is 8.78 Å². The van der Waals surface area contributed by atoms with Crippen LogP contribution in [0.1, 0.15) is 5.69 Å². The molecule has 5 rings (SSSR count). The Balaban J connectivity index is 1.29. The normalized spacial score (nSPS) is 12.9. The lowest BCUT2D eigenvalue weighted by Gasteiger charge is -2.10. The van der Waals surface area contributed by atoms with Crippen molar-refractivity contribution in [3.63, 3.8) is 0 Å². The number of oxazole rings is 1. The average Bonchev–Trinajstić information content (AvgIpc) is 3.45. The van der Waals surface area contributed by atoms with Crippen molar-refractivity contribution in [2.45, 2.75) is 18.0 Å². The summed E-state index contributed by atoms with van der Waals surface area (Å²) in [6.07, 6.45) is 3.97. The first kappa shape index (κ1) is 24.3. The molecule has 0 radical (unpaired) electrons. The highest BCUT2D eigenvalue weighted by atomic mass is 32.2. The maximum Gasteiger partial charge on any atom is 0.298 e. The van der Waals surface area contributed by atoms with E-state index in [0.29, 0.717) is 27.2 Å². The molecule has 0 saturated heterocycles. The number of benzene rings is 2. The maximum atomic E-state index is 13.7. The van der Waals surface area contributed by atoms with Gasteiger partial charge in [-0.05, 0) is 48.0 Å². The van der Waals surface area contributed by atoms with Crippen molar-refractivity contribution in [2.24, 2.45) is 0 Å². The number of hydrogen-bond donors (Lipinski definition) is 2. The Labute approximate surface area is 211 Å². The molecular formula is C26H21F2N5O3S. The number of nitrogens with zero attached hydrogens (tertiary/aromatic N) is 3. The van der Waals surface area contributed by atoms with E-state index in [1.165, 1.54) is 24.5 Å². The molecule has 1 atom stereocenters. The molecular weight excluding hydrogens is 500 g/mol. The zero-order valence-corrected chi connectivity index (χ0v) is 20.4. The molecule has 3 aromatic heterocycles. The molecule has 0 aliphatic heterocycles. The highest BCUT2D eigenvalue weighted by molar-refractivity contribution is 7.91. The van der Waals surface area contributed by atoms with Crippen LogP contribution >= 0.6 is 0 Å². The largest absolute Gasteiger partial charge is 0.409 e. The van der Waals surface area contributed by atoms with Crippen LogP contribution in [0.3, 0.4) is 0 Å². The van der Waals surface area contributed by atoms with Crippen LogP contribution in [0.15, 0.2) is 82.4 Å². The molecule has 0 aliphatic rings. The van der Waals surface area contributed by atoms with Crippen LogP contribution in [0, 0.1) is 16.6 Å². The van der Waals surface area contributed by atoms with Gasteiger partial charge >= 0.3 is 0 Å². The van der Waals surface area contributed by atoms with E-state index in [9.17, 15) is 17.8 Å². The summed E-state index contributed by atoms with van der Waals surface area (Å²) >= 11 is 0. The van der Waals surface area contributed by atoms with Crippen molar-refractivity contribution >= 4 is 26.5 Å². The Bertz CT molecular complexity index is 1710. The van der Waals surface area contributed by atoms with Gasteiger partial charge in [-0.25, -0.2) is 18.4 Å². The summed E-state index contributed by atoms with van der Waals surface area (Å²) in [5.41, 5.74) is 3.25. The van der Waals surface area contributed by atoms with Crippen LogP contribution in [0.25, 0.3) is 33.6 Å². The number of halogens is 2. The summed E-state index contributed by atoms with van der Waals surface area (Å²) in [5.74, 6) is -0.794. The average molecular weight is 522 g/mol. The van der Waals surface area contributed by atoms with Crippen molar-refractivity contribution in [3.8, 4) is 22.7 Å². The van der Waals surface area contributed by atoms with E-state index in [2.05, 4.69) is 15.3 Å². The number of amides is 1. The van der Waals surface area contributed by atoms with Gasteiger partial charge in [0.25, 0.3) is 6.01 Å². The van der Waals surface area contributed by atoms with Gasteiger partial charge < -0.3 is 14.3 Å². The summed E-state index contributed by atoms with van der Waals surface area (Å²) in [6.45, 7) is 0.0428. The van der Waals surface area contributed by atoms with E-state index in [0.717, 1.165) is 17.3 Å². The van der Waals surface area contributed by atoms with Gasteiger partial charge in [-0.2, -0.15) is 4.39 Å². The number of pyridine rings is 1. The molecule has 0 aliphatic carbocycles. The zero-order valence-electron chi connectivity index (χ0n) is 19.6. The summed E-state index contributed by atoms with van der Waals surface area (Å²) in [7, 11) is -2.77. The quantitative estimate of drug-likeness (QED) is 0.313. The Morgan fingerprint density at radius 1 is 1.03 bits per heavy atom. The van der Waals surface area contributed by atoms with Crippen molar-refractivity contribution in [1.82, 2.24) is 19.9 Å². The molecule has 0 fully saturated rings. The fraction of sp³-hybridized carbons (Fsp3) is 0.115. The van der Waals surface area contributed by atoms with Crippen LogP contribution in [0.5, 0.6) is 0 Å². The lowest BCUT2D eigenvalue weighted by molar-refractivity contribution is -0.121. The van der Waals surface area contributed by atoms with Gasteiger partial charge in [0.15, 0.2) is 0 Å². The Kier molecular flexibility index (Phi) is 6.30. The van der Waals surface area contributed by atoms with Crippen LogP contribution in [-0.2, 0) is 27.6 Å². The van der Waals surface area contributed by atoms with Gasteiger partial charge in [-0.3, -0.25) is 9.78 Å². The fourth-order valence-electron chi connectivity index (χ4n) is 3.96. The first-order chi connectivity index (χ1) is 17.7. The second-order valence-corrected chi connectivity index (χ2v) is 10.6. The third kappa shape index (κ3) is 5.26. The molecule has 0 saturated carbocycles. The summed E-state index contributed by atoms with van der Waals surface area (Å²) in [5, 5.41) is 3.33. The number of hydrogen-bond acceptors (Lipinski definition) is 6. The topological polar surface area (TPSA) is 114 Å². The number of nitrogens with one attached hydrogen (secondary N) is 2. The number of aromatic nitrogens is 3. The standard InChI is InChI=1S/C26H21F2N5O3S/c1-37(29,35)21-7-3-16(4-8-21)17-2-6-20(30-12-17)13-31-25(34)15-33-22-9-5-19(27)10-18(22)11-23(33)26-32-14-24(28)36-26/h2-12,14,29H,13,15H2,1H3,(H,31,34). The summed E-state index contributed by atoms with van der Waals surface area (Å²) < 4.78 is 53.3. The molecule has 3 heterocycles. The minimum atomic E-state index is -2.77. The minimum absolute atomic E-state index is 0.0174. The molecule has 188 valence electrons. The smallest absolute Gasteiger partial charge is 0.298 e. The fourth-order valence-corrected chi connectivity index (χ4v) is 4.61. The first-order valence-electron chi connectivity index (χ1n) is 11.1. The van der Waals surface area contributed by atoms with Gasteiger partial charge in [0.2, 0.25) is 11.8 Å². The molecule has 0 bridgehead atoms. The van der Waals surface area contributed by atoms with Gasteiger partial charge in [-0.1, -0.05) is 18.2 Å². The maximum absolute atomic E-state index is 13.7. The predicted molar refractivity (Wildman–Crippen MR) is 134 cm³/mol. The first-order valence-corrected chi connectivity index (χ1v) is 13.1. The van der Waals surface area contributed by atoms with Gasteiger partial charge in [-0.15, -0.1) is 0 Å². The Hall–Kier alpha value is -4.38. The van der Waals surface area contributed by atoms with Crippen molar-refractivity contribution in [3.05, 3.63) is 90.6 Å². The highest BCUT2D eigenvalue weighted by Gasteiger charge is 2.18. The van der Waals surface area contributed by atoms with Crippen molar-refractivity contribution in [1.29, 1.82) is 4.78 Å². The SMILES string of the molecule is CS(=N)(=O)c1ccc(-c2ccc(CNC(=O)Cn3c(-c4ncc(F)o4)cc4cc(F)ccc43)nc2)cc1. The van der Waals surface area contributed by atoms with Gasteiger partial charge in [0.05, 0.1) is 22.0 Å². The van der Waals surface area contributed by atoms with Crippen LogP contribution in [-0.4, -0.2) is 30.9 Å². The van der Waals surface area contributed by atoms with E-state index in [-0.39, 0.29) is 24.9 Å². The molecule has 0 spiro atoms. The Morgan fingerprint density at radius 2 is 1.78 bits per heavy atom. The second kappa shape index (κ2) is 9.58. The van der Waals surface area contributed by atoms with E-state index in [1.54, 1.807) is 47.2 Å². The van der Waals surface area contributed by atoms with E-state index in [4.69, 9.17) is 9.20 Å². The Morgan fingerprint density at radius 3 is 2.43 bits per heavy atom. The molecule has 11 heteroatoms. The van der Waals surface area contributed by atoms with Crippen molar-refractivity contribution < 1.29 is 22.2 Å². The third-order valence-electron chi connectivity index (χ3n) is 5.79. The molecule has 2 N–H and O–H groups in total. The molecule has 1 unspecified atom stereocenters. The molecule has 2 aromatic carbocycles. The third-order valence-corrected chi connectivity index (χ3v) is 6.96. The molecule has 1 amide bonds. The van der Waals surface area contributed by atoms with Crippen LogP contribution < -0.4 is 5.32 Å². The van der Waals surface area contributed by atoms with Crippen LogP contribution in [0.2, 0.25) is 0 Å².